The number of hydrogen-bond acceptors (Lipinski definition) is 5. The van der Waals surface area contributed by atoms with Crippen LogP contribution < -0.4 is 14.2 Å². The normalized spacial score (nSPS) is 12.9. The average molecular weight is 290 g/mol. The molecule has 0 aliphatic heterocycles. The van der Waals surface area contributed by atoms with Crippen LogP contribution >= 0.6 is 0 Å². The zero-order valence-corrected chi connectivity index (χ0v) is 12.4. The third kappa shape index (κ3) is 3.82. The molecule has 1 aliphatic carbocycles. The minimum absolute atomic E-state index is 0.237. The lowest BCUT2D eigenvalue weighted by Gasteiger charge is -2.14. The molecule has 5 heteroatoms. The summed E-state index contributed by atoms with van der Waals surface area (Å²) in [7, 11) is 4.33. The molecule has 112 valence electrons. The molecule has 1 aromatic carbocycles. The van der Waals surface area contributed by atoms with Gasteiger partial charge in [-0.05, 0) is 25.0 Å². The molecule has 1 aromatic rings. The maximum absolute atomic E-state index is 11.7. The fourth-order valence-corrected chi connectivity index (χ4v) is 1.80. The summed E-state index contributed by atoms with van der Waals surface area (Å²) < 4.78 is 20.8. The number of methoxy groups -OCH3 is 3. The molecule has 0 radical (unpaired) electrons. The van der Waals surface area contributed by atoms with Gasteiger partial charge >= 0.3 is 5.97 Å². The van der Waals surface area contributed by atoms with Gasteiger partial charge in [-0.15, -0.1) is 0 Å². The van der Waals surface area contributed by atoms with E-state index in [9.17, 15) is 4.79 Å². The van der Waals surface area contributed by atoms with Crippen LogP contribution in [0.3, 0.4) is 0 Å². The Balaban J connectivity index is 2.22. The van der Waals surface area contributed by atoms with Gasteiger partial charge in [0.25, 0.3) is 0 Å². The molecule has 0 heterocycles. The fourth-order valence-electron chi connectivity index (χ4n) is 1.80. The Labute approximate surface area is 124 Å². The molecule has 2 rings (SSSR count). The lowest BCUT2D eigenvalue weighted by Crippen LogP contribution is -2.05. The molecule has 0 unspecified atom stereocenters. The molecule has 0 amide bonds. The summed E-state index contributed by atoms with van der Waals surface area (Å²) in [6.45, 7) is 0.237. The molecular formula is C16H18O5. The van der Waals surface area contributed by atoms with Gasteiger partial charge in [0, 0.05) is 5.92 Å². The Morgan fingerprint density at radius 3 is 2.48 bits per heavy atom. The molecular weight excluding hydrogens is 272 g/mol. The van der Waals surface area contributed by atoms with Crippen LogP contribution in [0.5, 0.6) is 17.2 Å². The summed E-state index contributed by atoms with van der Waals surface area (Å²) in [6, 6.07) is 3.11. The number of benzene rings is 1. The van der Waals surface area contributed by atoms with Gasteiger partial charge in [0.05, 0.1) is 26.9 Å². The van der Waals surface area contributed by atoms with E-state index in [4.69, 9.17) is 18.9 Å². The lowest BCUT2D eigenvalue weighted by atomic mass is 10.2. The van der Waals surface area contributed by atoms with Gasteiger partial charge in [-0.3, -0.25) is 0 Å². The van der Waals surface area contributed by atoms with Crippen molar-refractivity contribution in [1.29, 1.82) is 0 Å². The zero-order chi connectivity index (χ0) is 15.2. The summed E-state index contributed by atoms with van der Waals surface area (Å²) >= 11 is 0. The van der Waals surface area contributed by atoms with Crippen molar-refractivity contribution in [2.24, 2.45) is 5.92 Å². The second-order valence-corrected chi connectivity index (χ2v) is 4.59. The number of hydrogen-bond donors (Lipinski definition) is 0. The van der Waals surface area contributed by atoms with Crippen LogP contribution in [0, 0.1) is 17.8 Å². The van der Waals surface area contributed by atoms with Crippen LogP contribution in [0.25, 0.3) is 0 Å². The van der Waals surface area contributed by atoms with Gasteiger partial charge in [-0.1, -0.05) is 11.8 Å². The highest BCUT2D eigenvalue weighted by Crippen LogP contribution is 2.38. The van der Waals surface area contributed by atoms with E-state index in [1.807, 2.05) is 0 Å². The van der Waals surface area contributed by atoms with Crippen molar-refractivity contribution in [1.82, 2.24) is 0 Å². The molecule has 0 saturated heterocycles. The van der Waals surface area contributed by atoms with Crippen molar-refractivity contribution in [2.45, 2.75) is 12.8 Å². The van der Waals surface area contributed by atoms with E-state index in [0.717, 1.165) is 0 Å². The van der Waals surface area contributed by atoms with Crippen molar-refractivity contribution in [3.63, 3.8) is 0 Å². The first-order chi connectivity index (χ1) is 10.2. The third-order valence-corrected chi connectivity index (χ3v) is 3.05. The van der Waals surface area contributed by atoms with E-state index in [0.29, 0.717) is 28.7 Å². The molecule has 5 nitrogen and oxygen atoms in total. The van der Waals surface area contributed by atoms with E-state index in [1.165, 1.54) is 34.2 Å². The number of rotatable bonds is 5. The summed E-state index contributed by atoms with van der Waals surface area (Å²) in [5.74, 6) is 7.36. The van der Waals surface area contributed by atoms with Gasteiger partial charge in [-0.25, -0.2) is 4.79 Å². The zero-order valence-electron chi connectivity index (χ0n) is 12.4. The first kappa shape index (κ1) is 15.0. The van der Waals surface area contributed by atoms with E-state index in [-0.39, 0.29) is 6.61 Å². The molecule has 1 fully saturated rings. The van der Waals surface area contributed by atoms with Gasteiger partial charge in [-0.2, -0.15) is 0 Å². The molecule has 0 aromatic heterocycles. The van der Waals surface area contributed by atoms with Crippen LogP contribution in [0.1, 0.15) is 23.2 Å². The van der Waals surface area contributed by atoms with Crippen LogP contribution in [0.15, 0.2) is 12.1 Å². The molecule has 1 aliphatic rings. The highest BCUT2D eigenvalue weighted by Gasteiger charge is 2.19. The van der Waals surface area contributed by atoms with Gasteiger partial charge < -0.3 is 18.9 Å². The van der Waals surface area contributed by atoms with Crippen LogP contribution in [0.2, 0.25) is 0 Å². The van der Waals surface area contributed by atoms with Crippen molar-refractivity contribution in [3.05, 3.63) is 17.7 Å². The lowest BCUT2D eigenvalue weighted by molar-refractivity contribution is 0.0599. The third-order valence-electron chi connectivity index (χ3n) is 3.05. The van der Waals surface area contributed by atoms with Crippen molar-refractivity contribution >= 4 is 5.97 Å². The van der Waals surface area contributed by atoms with E-state index >= 15 is 0 Å². The van der Waals surface area contributed by atoms with Gasteiger partial charge in [0.2, 0.25) is 5.75 Å². The van der Waals surface area contributed by atoms with Gasteiger partial charge in [0.15, 0.2) is 11.5 Å². The SMILES string of the molecule is COC(=O)c1cc(OC)c(OC)c(OCC#CC2CC2)c1. The fraction of sp³-hybridized carbons (Fsp3) is 0.438. The highest BCUT2D eigenvalue weighted by molar-refractivity contribution is 5.91. The molecule has 0 N–H and O–H groups in total. The minimum atomic E-state index is -0.468. The Morgan fingerprint density at radius 2 is 1.90 bits per heavy atom. The van der Waals surface area contributed by atoms with Crippen molar-refractivity contribution < 1.29 is 23.7 Å². The van der Waals surface area contributed by atoms with Crippen molar-refractivity contribution in [2.75, 3.05) is 27.9 Å². The largest absolute Gasteiger partial charge is 0.493 e. The maximum Gasteiger partial charge on any atom is 0.338 e. The number of ether oxygens (including phenoxy) is 4. The predicted octanol–water partition coefficient (Wildman–Crippen LogP) is 2.28. The first-order valence-electron chi connectivity index (χ1n) is 6.65. The molecule has 0 spiro atoms. The smallest absolute Gasteiger partial charge is 0.338 e. The maximum atomic E-state index is 11.7. The minimum Gasteiger partial charge on any atom is -0.493 e. The van der Waals surface area contributed by atoms with E-state index in [2.05, 4.69) is 11.8 Å². The summed E-state index contributed by atoms with van der Waals surface area (Å²) in [5, 5.41) is 0. The topological polar surface area (TPSA) is 54.0 Å². The number of esters is 1. The monoisotopic (exact) mass is 290 g/mol. The molecule has 0 bridgehead atoms. The molecule has 21 heavy (non-hydrogen) atoms. The Hall–Kier alpha value is -2.35. The Kier molecular flexibility index (Phi) is 4.94. The summed E-state index contributed by atoms with van der Waals surface area (Å²) in [6.07, 6.45) is 2.34. The predicted molar refractivity (Wildman–Crippen MR) is 76.9 cm³/mol. The second-order valence-electron chi connectivity index (χ2n) is 4.59. The first-order valence-corrected chi connectivity index (χ1v) is 6.65. The van der Waals surface area contributed by atoms with Crippen LogP contribution in [0.4, 0.5) is 0 Å². The summed E-state index contributed by atoms with van der Waals surface area (Å²) in [5.41, 5.74) is 0.334. The van der Waals surface area contributed by atoms with E-state index in [1.54, 1.807) is 12.1 Å². The van der Waals surface area contributed by atoms with E-state index < -0.39 is 5.97 Å². The number of carbonyl (C=O) groups is 1. The second kappa shape index (κ2) is 6.89. The number of carbonyl (C=O) groups excluding carboxylic acids is 1. The van der Waals surface area contributed by atoms with Crippen LogP contribution in [-0.4, -0.2) is 33.9 Å². The van der Waals surface area contributed by atoms with Crippen LogP contribution in [-0.2, 0) is 4.74 Å². The standard InChI is InChI=1S/C16H18O5/c1-18-13-9-12(16(17)20-3)10-14(15(13)19-2)21-8-4-5-11-6-7-11/h9-11H,6-8H2,1-3H3. The Morgan fingerprint density at radius 1 is 1.19 bits per heavy atom. The molecule has 1 saturated carbocycles. The molecule has 0 atom stereocenters. The Bertz CT molecular complexity index is 578. The van der Waals surface area contributed by atoms with Crippen molar-refractivity contribution in [3.8, 4) is 29.1 Å². The van der Waals surface area contributed by atoms with Gasteiger partial charge in [0.1, 0.15) is 6.61 Å². The highest BCUT2D eigenvalue weighted by atomic mass is 16.5. The average Bonchev–Trinajstić information content (AvgIpc) is 3.33. The summed E-state index contributed by atoms with van der Waals surface area (Å²) in [4.78, 5) is 11.7. The quantitative estimate of drug-likeness (QED) is 0.615.